The quantitative estimate of drug-likeness (QED) is 0.772. The molecule has 1 heterocycles. The number of allylic oxidation sites excluding steroid dienone is 4. The highest BCUT2D eigenvalue weighted by atomic mass is 16.3. The summed E-state index contributed by atoms with van der Waals surface area (Å²) in [6, 6.07) is 0. The van der Waals surface area contributed by atoms with E-state index in [1.165, 1.54) is 11.1 Å². The molecular weight excluding hydrogens is 262 g/mol. The maximum atomic E-state index is 11.8. The van der Waals surface area contributed by atoms with Gasteiger partial charge in [-0.3, -0.25) is 4.79 Å². The molecule has 0 saturated heterocycles. The number of rotatable bonds is 6. The van der Waals surface area contributed by atoms with E-state index in [-0.39, 0.29) is 11.3 Å². The Morgan fingerprint density at radius 2 is 1.90 bits per heavy atom. The molecule has 0 radical (unpaired) electrons. The minimum absolute atomic E-state index is 0.158. The number of nitrogens with one attached hydrogen (secondary N) is 1. The second-order valence-corrected chi connectivity index (χ2v) is 5.88. The van der Waals surface area contributed by atoms with Crippen LogP contribution in [0.1, 0.15) is 57.4 Å². The number of H-pyrrole nitrogens is 1. The molecule has 0 atom stereocenters. The van der Waals surface area contributed by atoms with Gasteiger partial charge in [-0.25, -0.2) is 0 Å². The van der Waals surface area contributed by atoms with Crippen LogP contribution in [-0.4, -0.2) is 10.1 Å². The summed E-state index contributed by atoms with van der Waals surface area (Å²) in [6.45, 7) is 9.99. The Hall–Kier alpha value is -1.77. The van der Waals surface area contributed by atoms with Crippen molar-refractivity contribution < 1.29 is 5.11 Å². The van der Waals surface area contributed by atoms with Crippen LogP contribution in [0.5, 0.6) is 5.75 Å². The van der Waals surface area contributed by atoms with Crippen LogP contribution in [0.15, 0.2) is 28.1 Å². The first kappa shape index (κ1) is 17.3. The molecule has 0 aliphatic carbocycles. The van der Waals surface area contributed by atoms with Gasteiger partial charge >= 0.3 is 0 Å². The van der Waals surface area contributed by atoms with Gasteiger partial charge in [0.25, 0.3) is 5.56 Å². The third-order valence-electron chi connectivity index (χ3n) is 3.60. The SMILES string of the molecule is CCCc1c(C/C=C(\C)CC=C(C)C)[nH]c(=O)c(C)c1O. The van der Waals surface area contributed by atoms with Crippen molar-refractivity contribution in [2.24, 2.45) is 0 Å². The zero-order valence-electron chi connectivity index (χ0n) is 13.8. The summed E-state index contributed by atoms with van der Waals surface area (Å²) in [5, 5.41) is 10.2. The lowest BCUT2D eigenvalue weighted by atomic mass is 10.0. The van der Waals surface area contributed by atoms with Crippen molar-refractivity contribution >= 4 is 0 Å². The number of hydrogen-bond donors (Lipinski definition) is 2. The highest BCUT2D eigenvalue weighted by Gasteiger charge is 2.12. The lowest BCUT2D eigenvalue weighted by Gasteiger charge is -2.11. The molecule has 3 nitrogen and oxygen atoms in total. The van der Waals surface area contributed by atoms with E-state index < -0.39 is 0 Å². The van der Waals surface area contributed by atoms with Crippen LogP contribution in [0.25, 0.3) is 0 Å². The Morgan fingerprint density at radius 3 is 2.48 bits per heavy atom. The zero-order chi connectivity index (χ0) is 16.0. The smallest absolute Gasteiger partial charge is 0.254 e. The molecule has 1 aromatic heterocycles. The molecule has 0 amide bonds. The van der Waals surface area contributed by atoms with E-state index in [0.29, 0.717) is 12.0 Å². The Bertz CT molecular complexity index is 602. The summed E-state index contributed by atoms with van der Waals surface area (Å²) in [6.07, 6.45) is 7.60. The molecule has 0 unspecified atom stereocenters. The van der Waals surface area contributed by atoms with Crippen LogP contribution < -0.4 is 5.56 Å². The predicted molar refractivity (Wildman–Crippen MR) is 89.0 cm³/mol. The molecule has 116 valence electrons. The lowest BCUT2D eigenvalue weighted by Crippen LogP contribution is -2.15. The second kappa shape index (κ2) is 7.87. The van der Waals surface area contributed by atoms with E-state index in [1.54, 1.807) is 6.92 Å². The normalized spacial score (nSPS) is 11.6. The Kier molecular flexibility index (Phi) is 6.47. The molecule has 1 aromatic rings. The molecule has 1 rings (SSSR count). The van der Waals surface area contributed by atoms with Crippen LogP contribution >= 0.6 is 0 Å². The van der Waals surface area contributed by atoms with Crippen molar-refractivity contribution in [3.63, 3.8) is 0 Å². The van der Waals surface area contributed by atoms with Gasteiger partial charge in [0, 0.05) is 17.7 Å². The van der Waals surface area contributed by atoms with Crippen LogP contribution in [0.4, 0.5) is 0 Å². The molecule has 0 aromatic carbocycles. The standard InChI is InChI=1S/C18H27NO2/c1-6-7-15-16(19-18(21)14(5)17(15)20)11-10-13(4)9-8-12(2)3/h8,10H,6-7,9,11H2,1-5H3,(H2,19,20,21)/b13-10+. The van der Waals surface area contributed by atoms with Crippen LogP contribution in [0.2, 0.25) is 0 Å². The zero-order valence-corrected chi connectivity index (χ0v) is 13.8. The maximum Gasteiger partial charge on any atom is 0.254 e. The van der Waals surface area contributed by atoms with Gasteiger partial charge in [0.15, 0.2) is 0 Å². The Balaban J connectivity index is 3.05. The molecule has 0 saturated carbocycles. The van der Waals surface area contributed by atoms with Crippen LogP contribution in [0, 0.1) is 6.92 Å². The first-order valence-corrected chi connectivity index (χ1v) is 7.59. The number of aromatic nitrogens is 1. The monoisotopic (exact) mass is 289 g/mol. The van der Waals surface area contributed by atoms with E-state index in [1.807, 2.05) is 0 Å². The predicted octanol–water partition coefficient (Wildman–Crippen LogP) is 4.19. The summed E-state index contributed by atoms with van der Waals surface area (Å²) >= 11 is 0. The molecule has 21 heavy (non-hydrogen) atoms. The third kappa shape index (κ3) is 4.92. The van der Waals surface area contributed by atoms with Crippen molar-refractivity contribution in [2.75, 3.05) is 0 Å². The van der Waals surface area contributed by atoms with E-state index in [9.17, 15) is 9.90 Å². The Labute approximate surface area is 127 Å². The Morgan fingerprint density at radius 1 is 1.24 bits per heavy atom. The van der Waals surface area contributed by atoms with Gasteiger partial charge < -0.3 is 10.1 Å². The van der Waals surface area contributed by atoms with Crippen molar-refractivity contribution in [2.45, 2.75) is 60.3 Å². The molecule has 0 fully saturated rings. The number of hydrogen-bond acceptors (Lipinski definition) is 2. The van der Waals surface area contributed by atoms with Crippen molar-refractivity contribution in [1.82, 2.24) is 4.98 Å². The number of aromatic hydroxyl groups is 1. The van der Waals surface area contributed by atoms with E-state index in [4.69, 9.17) is 0 Å². The highest BCUT2D eigenvalue weighted by Crippen LogP contribution is 2.23. The lowest BCUT2D eigenvalue weighted by molar-refractivity contribution is 0.459. The molecule has 3 heteroatoms. The van der Waals surface area contributed by atoms with E-state index in [0.717, 1.165) is 30.5 Å². The highest BCUT2D eigenvalue weighted by molar-refractivity contribution is 5.41. The molecular formula is C18H27NO2. The topological polar surface area (TPSA) is 53.1 Å². The maximum absolute atomic E-state index is 11.8. The number of aromatic amines is 1. The molecule has 0 aliphatic heterocycles. The van der Waals surface area contributed by atoms with Crippen LogP contribution in [0.3, 0.4) is 0 Å². The van der Waals surface area contributed by atoms with Gasteiger partial charge in [-0.15, -0.1) is 0 Å². The van der Waals surface area contributed by atoms with Crippen molar-refractivity contribution in [3.8, 4) is 5.75 Å². The van der Waals surface area contributed by atoms with Gasteiger partial charge in [0.05, 0.1) is 5.56 Å². The summed E-state index contributed by atoms with van der Waals surface area (Å²) in [5.74, 6) is 0.158. The average Bonchev–Trinajstić information content (AvgIpc) is 2.44. The van der Waals surface area contributed by atoms with Gasteiger partial charge in [-0.2, -0.15) is 0 Å². The molecule has 0 aliphatic rings. The van der Waals surface area contributed by atoms with Gasteiger partial charge in [0.1, 0.15) is 5.75 Å². The van der Waals surface area contributed by atoms with Crippen LogP contribution in [-0.2, 0) is 12.8 Å². The minimum Gasteiger partial charge on any atom is -0.507 e. The molecule has 0 bridgehead atoms. The van der Waals surface area contributed by atoms with Gasteiger partial charge in [-0.1, -0.05) is 36.6 Å². The van der Waals surface area contributed by atoms with Crippen molar-refractivity contribution in [1.29, 1.82) is 0 Å². The molecule has 2 N–H and O–H groups in total. The second-order valence-electron chi connectivity index (χ2n) is 5.88. The van der Waals surface area contributed by atoms with E-state index in [2.05, 4.69) is 44.8 Å². The summed E-state index contributed by atoms with van der Waals surface area (Å²) < 4.78 is 0. The van der Waals surface area contributed by atoms with Gasteiger partial charge in [-0.05, 0) is 40.5 Å². The summed E-state index contributed by atoms with van der Waals surface area (Å²) in [4.78, 5) is 14.7. The van der Waals surface area contributed by atoms with Gasteiger partial charge in [0.2, 0.25) is 0 Å². The minimum atomic E-state index is -0.197. The average molecular weight is 289 g/mol. The fourth-order valence-corrected chi connectivity index (χ4v) is 2.20. The van der Waals surface area contributed by atoms with Crippen molar-refractivity contribution in [3.05, 3.63) is 50.5 Å². The third-order valence-corrected chi connectivity index (χ3v) is 3.60. The van der Waals surface area contributed by atoms with E-state index >= 15 is 0 Å². The number of pyridine rings is 1. The summed E-state index contributed by atoms with van der Waals surface area (Å²) in [5.41, 5.74) is 4.49. The molecule has 0 spiro atoms. The first-order chi connectivity index (χ1) is 9.86. The fourth-order valence-electron chi connectivity index (χ4n) is 2.20. The fraction of sp³-hybridized carbons (Fsp3) is 0.500. The first-order valence-electron chi connectivity index (χ1n) is 7.59. The summed E-state index contributed by atoms with van der Waals surface area (Å²) in [7, 11) is 0. The largest absolute Gasteiger partial charge is 0.507 e.